The molecule has 6 atom stereocenters. The first-order chi connectivity index (χ1) is 9.42. The maximum absolute atomic E-state index is 2.60. The van der Waals surface area contributed by atoms with Crippen LogP contribution in [0.2, 0.25) is 0 Å². The smallest absolute Gasteiger partial charge is 0.0241 e. The van der Waals surface area contributed by atoms with E-state index in [2.05, 4.69) is 41.5 Å². The molecule has 0 nitrogen and oxygen atoms in total. The standard InChI is InChI=1S/C20H38/c1-14-15(2)17(4)19(6)20(18(5)16(14)3)12-10-8-7-9-11-13-20/h14-19H,7-13H2,1-6H3. The zero-order chi connectivity index (χ0) is 14.9. The van der Waals surface area contributed by atoms with E-state index >= 15 is 0 Å². The average molecular weight is 279 g/mol. The Bertz CT molecular complexity index is 275. The van der Waals surface area contributed by atoms with Crippen LogP contribution < -0.4 is 0 Å². The zero-order valence-electron chi connectivity index (χ0n) is 14.9. The molecule has 0 radical (unpaired) electrons. The molecule has 1 spiro atoms. The summed E-state index contributed by atoms with van der Waals surface area (Å²) in [4.78, 5) is 0. The highest BCUT2D eigenvalue weighted by Gasteiger charge is 2.49. The predicted molar refractivity (Wildman–Crippen MR) is 89.7 cm³/mol. The van der Waals surface area contributed by atoms with E-state index in [0.29, 0.717) is 5.41 Å². The molecule has 2 saturated carbocycles. The summed E-state index contributed by atoms with van der Waals surface area (Å²) < 4.78 is 0. The average Bonchev–Trinajstić information content (AvgIpc) is 2.45. The lowest BCUT2D eigenvalue weighted by atomic mass is 9.57. The summed E-state index contributed by atoms with van der Waals surface area (Å²) in [6.45, 7) is 15.4. The van der Waals surface area contributed by atoms with E-state index in [1.165, 1.54) is 44.9 Å². The fourth-order valence-corrected chi connectivity index (χ4v) is 5.80. The van der Waals surface area contributed by atoms with Crippen molar-refractivity contribution < 1.29 is 0 Å². The van der Waals surface area contributed by atoms with Crippen LogP contribution in [0.25, 0.3) is 0 Å². The van der Waals surface area contributed by atoms with Gasteiger partial charge in [0.05, 0.1) is 0 Å². The maximum atomic E-state index is 2.60. The van der Waals surface area contributed by atoms with Crippen LogP contribution in [0.4, 0.5) is 0 Å². The summed E-state index contributed by atoms with van der Waals surface area (Å²) in [5.41, 5.74) is 0.637. The van der Waals surface area contributed by atoms with Gasteiger partial charge in [0.25, 0.3) is 0 Å². The second-order valence-corrected chi connectivity index (χ2v) is 8.51. The molecule has 0 aromatic heterocycles. The molecule has 0 saturated heterocycles. The molecule has 0 heterocycles. The molecule has 0 heteroatoms. The van der Waals surface area contributed by atoms with Gasteiger partial charge in [0.1, 0.15) is 0 Å². The lowest BCUT2D eigenvalue weighted by Gasteiger charge is -2.48. The van der Waals surface area contributed by atoms with Crippen LogP contribution in [0.1, 0.15) is 86.5 Å². The highest BCUT2D eigenvalue weighted by Crippen LogP contribution is 2.57. The molecule has 2 rings (SSSR count). The van der Waals surface area contributed by atoms with Crippen molar-refractivity contribution in [3.05, 3.63) is 0 Å². The van der Waals surface area contributed by atoms with Crippen LogP contribution in [0.5, 0.6) is 0 Å². The topological polar surface area (TPSA) is 0 Å². The van der Waals surface area contributed by atoms with E-state index in [-0.39, 0.29) is 0 Å². The van der Waals surface area contributed by atoms with Crippen LogP contribution in [0, 0.1) is 40.9 Å². The van der Waals surface area contributed by atoms with Gasteiger partial charge in [0, 0.05) is 0 Å². The Morgan fingerprint density at radius 2 is 0.850 bits per heavy atom. The normalized spacial score (nSPS) is 46.5. The second kappa shape index (κ2) is 6.41. The Morgan fingerprint density at radius 3 is 1.25 bits per heavy atom. The van der Waals surface area contributed by atoms with E-state index in [9.17, 15) is 0 Å². The molecule has 0 aromatic carbocycles. The number of hydrogen-bond acceptors (Lipinski definition) is 0. The third kappa shape index (κ3) is 2.69. The van der Waals surface area contributed by atoms with Crippen LogP contribution in [0.3, 0.4) is 0 Å². The minimum Gasteiger partial charge on any atom is -0.0620 e. The second-order valence-electron chi connectivity index (χ2n) is 8.51. The van der Waals surface area contributed by atoms with Gasteiger partial charge in [0.15, 0.2) is 0 Å². The van der Waals surface area contributed by atoms with Crippen molar-refractivity contribution in [2.24, 2.45) is 40.9 Å². The van der Waals surface area contributed by atoms with Gasteiger partial charge in [-0.15, -0.1) is 0 Å². The summed E-state index contributed by atoms with van der Waals surface area (Å²) >= 11 is 0. The lowest BCUT2D eigenvalue weighted by Crippen LogP contribution is -2.40. The lowest BCUT2D eigenvalue weighted by molar-refractivity contribution is 0.0139. The molecule has 0 amide bonds. The quantitative estimate of drug-likeness (QED) is 0.471. The highest BCUT2D eigenvalue weighted by atomic mass is 14.5. The van der Waals surface area contributed by atoms with Gasteiger partial charge < -0.3 is 0 Å². The molecular formula is C20H38. The summed E-state index contributed by atoms with van der Waals surface area (Å²) in [6, 6.07) is 0. The third-order valence-electron chi connectivity index (χ3n) is 8.16. The Morgan fingerprint density at radius 1 is 0.500 bits per heavy atom. The number of hydrogen-bond donors (Lipinski definition) is 0. The van der Waals surface area contributed by atoms with Crippen LogP contribution in [0.15, 0.2) is 0 Å². The van der Waals surface area contributed by atoms with Gasteiger partial charge >= 0.3 is 0 Å². The fraction of sp³-hybridized carbons (Fsp3) is 1.00. The first-order valence-corrected chi connectivity index (χ1v) is 9.42. The summed E-state index contributed by atoms with van der Waals surface area (Å²) in [7, 11) is 0. The molecule has 0 aromatic rings. The van der Waals surface area contributed by atoms with Gasteiger partial charge in [0.2, 0.25) is 0 Å². The van der Waals surface area contributed by atoms with E-state index in [0.717, 1.165) is 35.5 Å². The molecular weight excluding hydrogens is 240 g/mol. The molecule has 118 valence electrons. The van der Waals surface area contributed by atoms with E-state index in [1.54, 1.807) is 0 Å². The van der Waals surface area contributed by atoms with E-state index in [4.69, 9.17) is 0 Å². The Labute approximate surface area is 128 Å². The van der Waals surface area contributed by atoms with Crippen LogP contribution in [-0.4, -0.2) is 0 Å². The van der Waals surface area contributed by atoms with Gasteiger partial charge in [-0.3, -0.25) is 0 Å². The van der Waals surface area contributed by atoms with Crippen LogP contribution >= 0.6 is 0 Å². The summed E-state index contributed by atoms with van der Waals surface area (Å²) in [6.07, 6.45) is 10.4. The maximum Gasteiger partial charge on any atom is -0.0241 e. The van der Waals surface area contributed by atoms with E-state index < -0.39 is 0 Å². The summed E-state index contributed by atoms with van der Waals surface area (Å²) in [5, 5.41) is 0. The van der Waals surface area contributed by atoms with Crippen molar-refractivity contribution in [2.75, 3.05) is 0 Å². The Balaban J connectivity index is 2.35. The third-order valence-corrected chi connectivity index (χ3v) is 8.16. The minimum absolute atomic E-state index is 0.637. The van der Waals surface area contributed by atoms with Gasteiger partial charge in [-0.05, 0) is 53.8 Å². The predicted octanol–water partition coefficient (Wildman–Crippen LogP) is 6.55. The van der Waals surface area contributed by atoms with Crippen molar-refractivity contribution in [1.29, 1.82) is 0 Å². The molecule has 20 heavy (non-hydrogen) atoms. The van der Waals surface area contributed by atoms with Crippen molar-refractivity contribution in [2.45, 2.75) is 86.5 Å². The molecule has 2 aliphatic carbocycles. The Kier molecular flexibility index (Phi) is 5.24. The van der Waals surface area contributed by atoms with Crippen LogP contribution in [-0.2, 0) is 0 Å². The molecule has 0 N–H and O–H groups in total. The highest BCUT2D eigenvalue weighted by molar-refractivity contribution is 4.98. The molecule has 2 fully saturated rings. The number of rotatable bonds is 0. The SMILES string of the molecule is CC1C(C)C(C)C(C)C2(CCCCCCC2)C(C)C1C. The molecule has 0 bridgehead atoms. The van der Waals surface area contributed by atoms with Gasteiger partial charge in [-0.2, -0.15) is 0 Å². The van der Waals surface area contributed by atoms with Crippen molar-refractivity contribution >= 4 is 0 Å². The monoisotopic (exact) mass is 278 g/mol. The molecule has 2 aliphatic rings. The fourth-order valence-electron chi connectivity index (χ4n) is 5.80. The largest absolute Gasteiger partial charge is 0.0620 e. The van der Waals surface area contributed by atoms with Gasteiger partial charge in [-0.25, -0.2) is 0 Å². The Hall–Kier alpha value is 0. The summed E-state index contributed by atoms with van der Waals surface area (Å²) in [5.74, 6) is 5.34. The minimum atomic E-state index is 0.637. The first-order valence-electron chi connectivity index (χ1n) is 9.42. The van der Waals surface area contributed by atoms with Crippen molar-refractivity contribution in [3.8, 4) is 0 Å². The molecule has 6 unspecified atom stereocenters. The van der Waals surface area contributed by atoms with E-state index in [1.807, 2.05) is 0 Å². The zero-order valence-corrected chi connectivity index (χ0v) is 14.9. The molecule has 0 aliphatic heterocycles. The van der Waals surface area contributed by atoms with Gasteiger partial charge in [-0.1, -0.05) is 73.6 Å². The van der Waals surface area contributed by atoms with Crippen molar-refractivity contribution in [3.63, 3.8) is 0 Å². The first kappa shape index (κ1) is 16.4. The van der Waals surface area contributed by atoms with Crippen molar-refractivity contribution in [1.82, 2.24) is 0 Å².